The number of nitrogens with one attached hydrogen (secondary N) is 1. The summed E-state index contributed by atoms with van der Waals surface area (Å²) in [7, 11) is 0. The number of benzene rings is 2. The topological polar surface area (TPSA) is 41.5 Å². The van der Waals surface area contributed by atoms with E-state index in [0.717, 1.165) is 10.0 Å². The monoisotopic (exact) mass is 302 g/mol. The van der Waals surface area contributed by atoms with E-state index in [2.05, 4.69) is 26.5 Å². The molecule has 0 aromatic heterocycles. The number of halogens is 1. The first-order valence-electron chi connectivity index (χ1n) is 5.40. The molecule has 0 fully saturated rings. The number of hydrogen-bond donors (Lipinski definition) is 1. The van der Waals surface area contributed by atoms with E-state index in [1.165, 1.54) is 0 Å². The molecule has 2 aromatic rings. The molecule has 3 nitrogen and oxygen atoms in total. The van der Waals surface area contributed by atoms with Gasteiger partial charge in [0, 0.05) is 15.6 Å². The van der Waals surface area contributed by atoms with E-state index in [-0.39, 0.29) is 5.91 Å². The lowest BCUT2D eigenvalue weighted by Gasteiger charge is -1.99. The Kier molecular flexibility index (Phi) is 4.25. The van der Waals surface area contributed by atoms with Crippen LogP contribution in [0.15, 0.2) is 64.2 Å². The predicted octanol–water partition coefficient (Wildman–Crippen LogP) is 3.21. The second kappa shape index (κ2) is 6.12. The Morgan fingerprint density at radius 3 is 2.44 bits per heavy atom. The summed E-state index contributed by atoms with van der Waals surface area (Å²) >= 11 is 3.40. The van der Waals surface area contributed by atoms with E-state index < -0.39 is 0 Å². The molecular formula is C14H11BrN2O. The highest BCUT2D eigenvalue weighted by Crippen LogP contribution is 2.13. The standard InChI is InChI=1S/C14H11BrN2O/c15-13-9-5-4-8-12(13)10-16-17-14(18)11-6-2-1-3-7-11/h1-10H,(H,17,18). The molecule has 2 aromatic carbocycles. The van der Waals surface area contributed by atoms with Crippen molar-refractivity contribution in [3.05, 3.63) is 70.2 Å². The lowest BCUT2D eigenvalue weighted by molar-refractivity contribution is 0.0955. The zero-order valence-electron chi connectivity index (χ0n) is 9.51. The van der Waals surface area contributed by atoms with Gasteiger partial charge in [-0.2, -0.15) is 5.10 Å². The van der Waals surface area contributed by atoms with E-state index in [1.54, 1.807) is 18.3 Å². The highest BCUT2D eigenvalue weighted by Gasteiger charge is 2.01. The fourth-order valence-corrected chi connectivity index (χ4v) is 1.78. The van der Waals surface area contributed by atoms with Crippen LogP contribution >= 0.6 is 15.9 Å². The highest BCUT2D eigenvalue weighted by atomic mass is 79.9. The van der Waals surface area contributed by atoms with Gasteiger partial charge in [0.05, 0.1) is 6.21 Å². The summed E-state index contributed by atoms with van der Waals surface area (Å²) in [6, 6.07) is 16.6. The van der Waals surface area contributed by atoms with Gasteiger partial charge < -0.3 is 0 Å². The number of rotatable bonds is 3. The van der Waals surface area contributed by atoms with Crippen molar-refractivity contribution < 1.29 is 4.79 Å². The first-order chi connectivity index (χ1) is 8.77. The number of carbonyl (C=O) groups excluding carboxylic acids is 1. The summed E-state index contributed by atoms with van der Waals surface area (Å²) in [5.41, 5.74) is 3.98. The van der Waals surface area contributed by atoms with E-state index in [4.69, 9.17) is 0 Å². The van der Waals surface area contributed by atoms with Gasteiger partial charge in [-0.05, 0) is 18.2 Å². The summed E-state index contributed by atoms with van der Waals surface area (Å²) < 4.78 is 0.933. The van der Waals surface area contributed by atoms with Gasteiger partial charge in [0.25, 0.3) is 5.91 Å². The van der Waals surface area contributed by atoms with Gasteiger partial charge in [-0.3, -0.25) is 4.79 Å². The molecule has 0 saturated carbocycles. The van der Waals surface area contributed by atoms with Gasteiger partial charge in [-0.1, -0.05) is 52.3 Å². The first-order valence-corrected chi connectivity index (χ1v) is 6.19. The molecule has 0 bridgehead atoms. The molecule has 1 N–H and O–H groups in total. The summed E-state index contributed by atoms with van der Waals surface area (Å²) in [5, 5.41) is 3.92. The van der Waals surface area contributed by atoms with Gasteiger partial charge >= 0.3 is 0 Å². The smallest absolute Gasteiger partial charge is 0.267 e. The minimum Gasteiger partial charge on any atom is -0.267 e. The molecule has 0 spiro atoms. The molecule has 0 atom stereocenters. The Morgan fingerprint density at radius 2 is 1.72 bits per heavy atom. The van der Waals surface area contributed by atoms with Crippen LogP contribution in [0.1, 0.15) is 15.9 Å². The number of hydrazone groups is 1. The SMILES string of the molecule is O=C(NN=Cc1ccccc1Br)c1ccccc1. The summed E-state index contributed by atoms with van der Waals surface area (Å²) in [4.78, 5) is 11.7. The molecule has 0 saturated heterocycles. The van der Waals surface area contributed by atoms with Gasteiger partial charge in [-0.15, -0.1) is 0 Å². The third kappa shape index (κ3) is 3.28. The van der Waals surface area contributed by atoms with Crippen molar-refractivity contribution in [2.24, 2.45) is 5.10 Å². The van der Waals surface area contributed by atoms with Crippen LogP contribution < -0.4 is 5.43 Å². The van der Waals surface area contributed by atoms with Crippen LogP contribution in [-0.4, -0.2) is 12.1 Å². The van der Waals surface area contributed by atoms with Crippen LogP contribution in [0.3, 0.4) is 0 Å². The molecule has 0 heterocycles. The quantitative estimate of drug-likeness (QED) is 0.686. The largest absolute Gasteiger partial charge is 0.271 e. The lowest BCUT2D eigenvalue weighted by atomic mass is 10.2. The Hall–Kier alpha value is -1.94. The predicted molar refractivity (Wildman–Crippen MR) is 75.6 cm³/mol. The number of nitrogens with zero attached hydrogens (tertiary/aromatic N) is 1. The van der Waals surface area contributed by atoms with Crippen LogP contribution in [0.2, 0.25) is 0 Å². The second-order valence-corrected chi connectivity index (χ2v) is 4.44. The van der Waals surface area contributed by atoms with Crippen molar-refractivity contribution in [2.75, 3.05) is 0 Å². The molecule has 4 heteroatoms. The number of amides is 1. The molecule has 0 aliphatic rings. The van der Waals surface area contributed by atoms with E-state index in [0.29, 0.717) is 5.56 Å². The van der Waals surface area contributed by atoms with Crippen molar-refractivity contribution in [2.45, 2.75) is 0 Å². The number of carbonyl (C=O) groups is 1. The molecule has 1 amide bonds. The minimum absolute atomic E-state index is 0.223. The fraction of sp³-hybridized carbons (Fsp3) is 0. The van der Waals surface area contributed by atoms with E-state index >= 15 is 0 Å². The average Bonchev–Trinajstić information content (AvgIpc) is 2.42. The van der Waals surface area contributed by atoms with Crippen molar-refractivity contribution in [3.63, 3.8) is 0 Å². The Labute approximate surface area is 114 Å². The molecule has 0 aliphatic carbocycles. The fourth-order valence-electron chi connectivity index (χ4n) is 1.39. The van der Waals surface area contributed by atoms with Gasteiger partial charge in [0.15, 0.2) is 0 Å². The average molecular weight is 303 g/mol. The summed E-state index contributed by atoms with van der Waals surface area (Å²) in [6.45, 7) is 0. The Morgan fingerprint density at radius 1 is 1.06 bits per heavy atom. The lowest BCUT2D eigenvalue weighted by Crippen LogP contribution is -2.17. The normalized spacial score (nSPS) is 10.5. The van der Waals surface area contributed by atoms with Crippen LogP contribution in [0.5, 0.6) is 0 Å². The Balaban J connectivity index is 2.00. The molecule has 0 unspecified atom stereocenters. The first kappa shape index (κ1) is 12.5. The maximum absolute atomic E-state index is 11.7. The molecule has 2 rings (SSSR count). The van der Waals surface area contributed by atoms with Gasteiger partial charge in [0.1, 0.15) is 0 Å². The maximum Gasteiger partial charge on any atom is 0.271 e. The molecule has 0 aliphatic heterocycles. The third-order valence-electron chi connectivity index (χ3n) is 2.31. The van der Waals surface area contributed by atoms with Crippen LogP contribution in [0.4, 0.5) is 0 Å². The molecule has 90 valence electrons. The van der Waals surface area contributed by atoms with Gasteiger partial charge in [0.2, 0.25) is 0 Å². The number of hydrogen-bond acceptors (Lipinski definition) is 2. The summed E-state index contributed by atoms with van der Waals surface area (Å²) in [6.07, 6.45) is 1.60. The molecule has 18 heavy (non-hydrogen) atoms. The summed E-state index contributed by atoms with van der Waals surface area (Å²) in [5.74, 6) is -0.223. The van der Waals surface area contributed by atoms with E-state index in [1.807, 2.05) is 42.5 Å². The van der Waals surface area contributed by atoms with Crippen molar-refractivity contribution in [3.8, 4) is 0 Å². The molecule has 0 radical (unpaired) electrons. The maximum atomic E-state index is 11.7. The minimum atomic E-state index is -0.223. The highest BCUT2D eigenvalue weighted by molar-refractivity contribution is 9.10. The zero-order valence-corrected chi connectivity index (χ0v) is 11.1. The second-order valence-electron chi connectivity index (χ2n) is 3.59. The van der Waals surface area contributed by atoms with Crippen LogP contribution in [0.25, 0.3) is 0 Å². The molecular weight excluding hydrogens is 292 g/mol. The Bertz CT molecular complexity index is 567. The van der Waals surface area contributed by atoms with E-state index in [9.17, 15) is 4.79 Å². The van der Waals surface area contributed by atoms with Crippen molar-refractivity contribution in [1.82, 2.24) is 5.43 Å². The third-order valence-corrected chi connectivity index (χ3v) is 3.03. The van der Waals surface area contributed by atoms with Crippen molar-refractivity contribution >= 4 is 28.1 Å². The van der Waals surface area contributed by atoms with Crippen LogP contribution in [-0.2, 0) is 0 Å². The van der Waals surface area contributed by atoms with Gasteiger partial charge in [-0.25, -0.2) is 5.43 Å². The van der Waals surface area contributed by atoms with Crippen molar-refractivity contribution in [1.29, 1.82) is 0 Å². The van der Waals surface area contributed by atoms with Crippen LogP contribution in [0, 0.1) is 0 Å². The zero-order chi connectivity index (χ0) is 12.8.